The van der Waals surface area contributed by atoms with Gasteiger partial charge in [-0.05, 0) is 24.3 Å². The number of nitrogens with one attached hydrogen (secondary N) is 1. The Morgan fingerprint density at radius 1 is 1.04 bits per heavy atom. The lowest BCUT2D eigenvalue weighted by Crippen LogP contribution is -2.17. The van der Waals surface area contributed by atoms with Gasteiger partial charge in [-0.15, -0.1) is 0 Å². The number of para-hydroxylation sites is 1. The van der Waals surface area contributed by atoms with Gasteiger partial charge in [0, 0.05) is 6.07 Å². The monoisotopic (exact) mass is 348 g/mol. The second-order valence-electron chi connectivity index (χ2n) is 4.90. The van der Waals surface area contributed by atoms with Crippen LogP contribution in [0.5, 0.6) is 11.5 Å². The van der Waals surface area contributed by atoms with Gasteiger partial charge in [0.2, 0.25) is 0 Å². The number of aromatic nitrogens is 1. The highest BCUT2D eigenvalue weighted by molar-refractivity contribution is 7.93. The fourth-order valence-corrected chi connectivity index (χ4v) is 4.40. The van der Waals surface area contributed by atoms with Crippen LogP contribution in [0.4, 0.5) is 5.13 Å². The van der Waals surface area contributed by atoms with Crippen LogP contribution in [0.2, 0.25) is 0 Å². The van der Waals surface area contributed by atoms with Crippen molar-refractivity contribution < 1.29 is 17.9 Å². The number of hydrogen-bond acceptors (Lipinski definition) is 6. The molecular weight excluding hydrogens is 336 g/mol. The van der Waals surface area contributed by atoms with E-state index in [1.54, 1.807) is 6.07 Å². The number of rotatable bonds is 3. The molecule has 0 saturated carbocycles. The lowest BCUT2D eigenvalue weighted by atomic mass is 10.3. The van der Waals surface area contributed by atoms with E-state index in [0.717, 1.165) is 10.2 Å². The van der Waals surface area contributed by atoms with E-state index in [-0.39, 0.29) is 4.90 Å². The van der Waals surface area contributed by atoms with Gasteiger partial charge in [-0.1, -0.05) is 23.5 Å². The standard InChI is InChI=1S/C15H12N2O4S2/c18-23(19,10-5-6-12-13(9-10)21-8-7-20-12)17-15-16-11-3-1-2-4-14(11)22-15/h1-6,9H,7-8H2,(H,16,17). The van der Waals surface area contributed by atoms with E-state index in [1.807, 2.05) is 24.3 Å². The van der Waals surface area contributed by atoms with Crippen molar-refractivity contribution in [3.63, 3.8) is 0 Å². The molecule has 0 saturated heterocycles. The van der Waals surface area contributed by atoms with E-state index in [9.17, 15) is 8.42 Å². The van der Waals surface area contributed by atoms with E-state index in [1.165, 1.54) is 23.5 Å². The quantitative estimate of drug-likeness (QED) is 0.787. The highest BCUT2D eigenvalue weighted by Crippen LogP contribution is 2.33. The summed E-state index contributed by atoms with van der Waals surface area (Å²) in [5.74, 6) is 0.985. The van der Waals surface area contributed by atoms with Gasteiger partial charge in [0.25, 0.3) is 10.0 Å². The molecule has 2 aromatic carbocycles. The van der Waals surface area contributed by atoms with Gasteiger partial charge < -0.3 is 9.47 Å². The Morgan fingerprint density at radius 2 is 1.83 bits per heavy atom. The van der Waals surface area contributed by atoms with Gasteiger partial charge in [-0.3, -0.25) is 4.72 Å². The van der Waals surface area contributed by atoms with Crippen LogP contribution in [-0.4, -0.2) is 26.6 Å². The highest BCUT2D eigenvalue weighted by Gasteiger charge is 2.20. The first-order chi connectivity index (χ1) is 11.1. The third-order valence-corrected chi connectivity index (χ3v) is 5.76. The Kier molecular flexibility index (Phi) is 3.35. The number of fused-ring (bicyclic) bond motifs is 2. The van der Waals surface area contributed by atoms with Crippen LogP contribution in [0.3, 0.4) is 0 Å². The second-order valence-corrected chi connectivity index (χ2v) is 7.61. The molecule has 0 radical (unpaired) electrons. The molecule has 118 valence electrons. The molecule has 0 amide bonds. The third kappa shape index (κ3) is 2.71. The lowest BCUT2D eigenvalue weighted by molar-refractivity contribution is 0.171. The summed E-state index contributed by atoms with van der Waals surface area (Å²) >= 11 is 1.29. The maximum absolute atomic E-state index is 12.5. The molecule has 0 bridgehead atoms. The molecule has 0 atom stereocenters. The molecular formula is C15H12N2O4S2. The molecule has 0 aliphatic carbocycles. The molecule has 2 heterocycles. The van der Waals surface area contributed by atoms with Crippen LogP contribution >= 0.6 is 11.3 Å². The molecule has 0 spiro atoms. The molecule has 1 aliphatic rings. The molecule has 4 rings (SSSR count). The van der Waals surface area contributed by atoms with Crippen molar-refractivity contribution in [1.29, 1.82) is 0 Å². The van der Waals surface area contributed by atoms with E-state index >= 15 is 0 Å². The Balaban J connectivity index is 1.67. The normalized spacial score (nSPS) is 13.9. The van der Waals surface area contributed by atoms with Crippen molar-refractivity contribution >= 4 is 36.7 Å². The van der Waals surface area contributed by atoms with Crippen LogP contribution in [-0.2, 0) is 10.0 Å². The summed E-state index contributed by atoms with van der Waals surface area (Å²) in [6.07, 6.45) is 0. The predicted octanol–water partition coefficient (Wildman–Crippen LogP) is 2.87. The zero-order chi connectivity index (χ0) is 15.9. The molecule has 1 N–H and O–H groups in total. The number of sulfonamides is 1. The first-order valence-electron chi connectivity index (χ1n) is 6.90. The van der Waals surface area contributed by atoms with E-state index in [2.05, 4.69) is 9.71 Å². The summed E-state index contributed by atoms with van der Waals surface area (Å²) in [4.78, 5) is 4.40. The minimum Gasteiger partial charge on any atom is -0.486 e. The fraction of sp³-hybridized carbons (Fsp3) is 0.133. The van der Waals surface area contributed by atoms with Gasteiger partial charge in [0.1, 0.15) is 13.2 Å². The number of thiazole rings is 1. The Bertz CT molecular complexity index is 949. The van der Waals surface area contributed by atoms with Crippen LogP contribution in [0.25, 0.3) is 10.2 Å². The SMILES string of the molecule is O=S(=O)(Nc1nc2ccccc2s1)c1ccc2c(c1)OCCO2. The third-order valence-electron chi connectivity index (χ3n) is 3.34. The highest BCUT2D eigenvalue weighted by atomic mass is 32.2. The number of ether oxygens (including phenoxy) is 2. The summed E-state index contributed by atoms with van der Waals surface area (Å²) in [5, 5.41) is 0.334. The molecule has 0 fully saturated rings. The van der Waals surface area contributed by atoms with Crippen LogP contribution in [0.15, 0.2) is 47.4 Å². The number of nitrogens with zero attached hydrogens (tertiary/aromatic N) is 1. The smallest absolute Gasteiger partial charge is 0.263 e. The Morgan fingerprint density at radius 3 is 2.65 bits per heavy atom. The van der Waals surface area contributed by atoms with Gasteiger partial charge in [-0.2, -0.15) is 0 Å². The maximum Gasteiger partial charge on any atom is 0.263 e. The molecule has 0 unspecified atom stereocenters. The van der Waals surface area contributed by atoms with Gasteiger partial charge in [0.15, 0.2) is 16.6 Å². The van der Waals surface area contributed by atoms with Crippen molar-refractivity contribution in [2.24, 2.45) is 0 Å². The zero-order valence-electron chi connectivity index (χ0n) is 11.9. The average Bonchev–Trinajstić information content (AvgIpc) is 2.95. The second kappa shape index (κ2) is 5.39. The summed E-state index contributed by atoms with van der Waals surface area (Å²) in [6.45, 7) is 0.866. The molecule has 8 heteroatoms. The first-order valence-corrected chi connectivity index (χ1v) is 9.20. The number of benzene rings is 2. The van der Waals surface area contributed by atoms with Gasteiger partial charge in [-0.25, -0.2) is 13.4 Å². The van der Waals surface area contributed by atoms with E-state index in [0.29, 0.717) is 29.8 Å². The summed E-state index contributed by atoms with van der Waals surface area (Å²) < 4.78 is 39.3. The Labute approximate surface area is 136 Å². The summed E-state index contributed by atoms with van der Waals surface area (Å²) in [7, 11) is -3.73. The minimum atomic E-state index is -3.73. The topological polar surface area (TPSA) is 77.5 Å². The summed E-state index contributed by atoms with van der Waals surface area (Å²) in [6, 6.07) is 12.0. The number of anilines is 1. The number of hydrogen-bond donors (Lipinski definition) is 1. The molecule has 23 heavy (non-hydrogen) atoms. The molecule has 6 nitrogen and oxygen atoms in total. The van der Waals surface area contributed by atoms with Gasteiger partial charge in [0.05, 0.1) is 15.1 Å². The minimum absolute atomic E-state index is 0.112. The maximum atomic E-state index is 12.5. The van der Waals surface area contributed by atoms with E-state index < -0.39 is 10.0 Å². The fourth-order valence-electron chi connectivity index (χ4n) is 2.28. The molecule has 1 aromatic heterocycles. The van der Waals surface area contributed by atoms with E-state index in [4.69, 9.17) is 9.47 Å². The van der Waals surface area contributed by atoms with Crippen molar-refractivity contribution in [2.45, 2.75) is 4.90 Å². The predicted molar refractivity (Wildman–Crippen MR) is 87.9 cm³/mol. The van der Waals surface area contributed by atoms with Gasteiger partial charge >= 0.3 is 0 Å². The van der Waals surface area contributed by atoms with Crippen molar-refractivity contribution in [1.82, 2.24) is 4.98 Å². The van der Waals surface area contributed by atoms with Crippen LogP contribution in [0.1, 0.15) is 0 Å². The van der Waals surface area contributed by atoms with Crippen molar-refractivity contribution in [3.8, 4) is 11.5 Å². The average molecular weight is 348 g/mol. The molecule has 3 aromatic rings. The van der Waals surface area contributed by atoms with Crippen molar-refractivity contribution in [3.05, 3.63) is 42.5 Å². The van der Waals surface area contributed by atoms with Crippen LogP contribution < -0.4 is 14.2 Å². The van der Waals surface area contributed by atoms with Crippen molar-refractivity contribution in [2.75, 3.05) is 17.9 Å². The largest absolute Gasteiger partial charge is 0.486 e. The zero-order valence-corrected chi connectivity index (χ0v) is 13.5. The molecule has 1 aliphatic heterocycles. The summed E-state index contributed by atoms with van der Waals surface area (Å²) in [5.41, 5.74) is 0.761. The Hall–Kier alpha value is -2.32. The first kappa shape index (κ1) is 14.3. The van der Waals surface area contributed by atoms with Crippen LogP contribution in [0, 0.1) is 0 Å². The lowest BCUT2D eigenvalue weighted by Gasteiger charge is -2.18.